The van der Waals surface area contributed by atoms with Crippen LogP contribution in [-0.4, -0.2) is 26.3 Å². The van der Waals surface area contributed by atoms with Crippen molar-refractivity contribution in [3.05, 3.63) is 125 Å². The number of hydrogen-bond acceptors (Lipinski definition) is 6. The van der Waals surface area contributed by atoms with Crippen LogP contribution in [0.25, 0.3) is 10.4 Å². The third-order valence-corrected chi connectivity index (χ3v) is 9.38. The van der Waals surface area contributed by atoms with E-state index < -0.39 is 0 Å². The summed E-state index contributed by atoms with van der Waals surface area (Å²) in [7, 11) is 0. The Bertz CT molecular complexity index is 1780. The molecule has 1 N–H and O–H groups in total. The maximum atomic E-state index is 14.0. The van der Waals surface area contributed by atoms with Gasteiger partial charge in [0.1, 0.15) is 0 Å². The topological polar surface area (TPSA) is 104 Å². The number of carbonyl (C=O) groups is 2. The van der Waals surface area contributed by atoms with Gasteiger partial charge < -0.3 is 14.8 Å². The zero-order valence-electron chi connectivity index (χ0n) is 24.9. The van der Waals surface area contributed by atoms with Crippen LogP contribution in [0.4, 0.5) is 5.69 Å². The lowest BCUT2D eigenvalue weighted by molar-refractivity contribution is -0.123. The summed E-state index contributed by atoms with van der Waals surface area (Å²) >= 11 is 1.44. The predicted octanol–water partition coefficient (Wildman–Crippen LogP) is 6.97. The number of anilines is 1. The number of nitrogens with zero attached hydrogens (tertiary/aromatic N) is 5. The fourth-order valence-corrected chi connectivity index (χ4v) is 6.65. The van der Waals surface area contributed by atoms with Crippen molar-refractivity contribution in [1.82, 2.24) is 19.9 Å². The molecule has 0 atom stereocenters. The average molecular weight is 615 g/mol. The molecule has 0 radical (unpaired) electrons. The molecule has 0 spiro atoms. The van der Waals surface area contributed by atoms with Crippen LogP contribution >= 0.6 is 11.3 Å². The van der Waals surface area contributed by atoms with Gasteiger partial charge in [-0.2, -0.15) is 5.26 Å². The molecule has 2 amide bonds. The molecular formula is C36H34N6O2S. The van der Waals surface area contributed by atoms with Gasteiger partial charge in [0.15, 0.2) is 0 Å². The molecule has 0 unspecified atom stereocenters. The highest BCUT2D eigenvalue weighted by Gasteiger charge is 2.28. The van der Waals surface area contributed by atoms with Gasteiger partial charge in [-0.15, -0.1) is 11.3 Å². The number of benzene rings is 2. The SMILES string of the molecule is N#Cc1ccc(Cn2cncc2CN(C(=O)C2CCCCC2)c2ccc(-c3ccc(C(=O)NCc4cccnc4)s3)cc2)cc1. The maximum Gasteiger partial charge on any atom is 0.261 e. The van der Waals surface area contributed by atoms with Gasteiger partial charge in [0.05, 0.1) is 35.1 Å². The number of thiophene rings is 1. The van der Waals surface area contributed by atoms with Gasteiger partial charge in [0, 0.05) is 48.2 Å². The summed E-state index contributed by atoms with van der Waals surface area (Å²) < 4.78 is 2.06. The standard InChI is InChI=1S/C36H34N6O2S/c37-19-26-8-10-27(11-9-26)23-41-25-39-22-32(41)24-42(36(44)30-6-2-1-3-7-30)31-14-12-29(13-15-31)33-16-17-34(45-33)35(43)40-21-28-5-4-18-38-20-28/h4-5,8-18,20,22,25,30H,1-3,6-7,21,23-24H2,(H,40,43). The predicted molar refractivity (Wildman–Crippen MR) is 175 cm³/mol. The Hall–Kier alpha value is -5.07. The van der Waals surface area contributed by atoms with Crippen LogP contribution in [0.3, 0.4) is 0 Å². The zero-order chi connectivity index (χ0) is 31.0. The van der Waals surface area contributed by atoms with Crippen LogP contribution in [-0.2, 0) is 24.4 Å². The van der Waals surface area contributed by atoms with Crippen molar-refractivity contribution < 1.29 is 9.59 Å². The summed E-state index contributed by atoms with van der Waals surface area (Å²) in [5, 5.41) is 12.1. The molecule has 5 aromatic rings. The maximum absolute atomic E-state index is 14.0. The lowest BCUT2D eigenvalue weighted by atomic mass is 9.88. The first-order valence-electron chi connectivity index (χ1n) is 15.2. The Morgan fingerprint density at radius 2 is 1.73 bits per heavy atom. The van der Waals surface area contributed by atoms with Gasteiger partial charge in [0.25, 0.3) is 5.91 Å². The van der Waals surface area contributed by atoms with E-state index in [-0.39, 0.29) is 17.7 Å². The van der Waals surface area contributed by atoms with Crippen molar-refractivity contribution in [2.24, 2.45) is 5.92 Å². The molecule has 1 aliphatic rings. The Morgan fingerprint density at radius 1 is 0.933 bits per heavy atom. The number of nitrogens with one attached hydrogen (secondary N) is 1. The Labute approximate surface area is 267 Å². The third kappa shape index (κ3) is 7.36. The molecule has 0 bridgehead atoms. The minimum absolute atomic E-state index is 0.0124. The fraction of sp³-hybridized carbons (Fsp3) is 0.250. The summed E-state index contributed by atoms with van der Waals surface area (Å²) in [6, 6.07) is 25.3. The van der Waals surface area contributed by atoms with E-state index in [9.17, 15) is 9.59 Å². The molecule has 2 aromatic carbocycles. The number of imidazole rings is 1. The van der Waals surface area contributed by atoms with Crippen molar-refractivity contribution in [2.45, 2.75) is 51.7 Å². The van der Waals surface area contributed by atoms with E-state index in [2.05, 4.69) is 25.9 Å². The smallest absolute Gasteiger partial charge is 0.261 e. The van der Waals surface area contributed by atoms with E-state index in [0.717, 1.165) is 58.6 Å². The molecule has 45 heavy (non-hydrogen) atoms. The van der Waals surface area contributed by atoms with Crippen molar-refractivity contribution >= 4 is 28.8 Å². The molecule has 226 valence electrons. The minimum Gasteiger partial charge on any atom is -0.347 e. The van der Waals surface area contributed by atoms with E-state index in [1.54, 1.807) is 18.7 Å². The monoisotopic (exact) mass is 614 g/mol. The van der Waals surface area contributed by atoms with Crippen molar-refractivity contribution in [3.63, 3.8) is 0 Å². The number of amides is 2. The zero-order valence-corrected chi connectivity index (χ0v) is 25.7. The molecule has 8 nitrogen and oxygen atoms in total. The van der Waals surface area contributed by atoms with Crippen LogP contribution in [0.15, 0.2) is 97.7 Å². The molecule has 0 saturated heterocycles. The third-order valence-electron chi connectivity index (χ3n) is 8.24. The molecule has 6 rings (SSSR count). The molecule has 1 fully saturated rings. The second-order valence-electron chi connectivity index (χ2n) is 11.3. The van der Waals surface area contributed by atoms with E-state index in [4.69, 9.17) is 5.26 Å². The normalized spacial score (nSPS) is 13.2. The fourth-order valence-electron chi connectivity index (χ4n) is 5.72. The van der Waals surface area contributed by atoms with E-state index >= 15 is 0 Å². The second kappa shape index (κ2) is 14.1. The van der Waals surface area contributed by atoms with Crippen molar-refractivity contribution in [1.29, 1.82) is 5.26 Å². The van der Waals surface area contributed by atoms with Gasteiger partial charge in [-0.25, -0.2) is 4.98 Å². The summed E-state index contributed by atoms with van der Waals surface area (Å²) in [6.07, 6.45) is 12.2. The molecule has 3 heterocycles. The Balaban J connectivity index is 1.19. The van der Waals surface area contributed by atoms with Crippen LogP contribution in [0.2, 0.25) is 0 Å². The van der Waals surface area contributed by atoms with Gasteiger partial charge in [0.2, 0.25) is 5.91 Å². The van der Waals surface area contributed by atoms with Gasteiger partial charge >= 0.3 is 0 Å². The number of rotatable bonds is 10. The van der Waals surface area contributed by atoms with Gasteiger partial charge in [-0.05, 0) is 72.0 Å². The quantitative estimate of drug-likeness (QED) is 0.183. The van der Waals surface area contributed by atoms with Gasteiger partial charge in [-0.3, -0.25) is 14.6 Å². The first-order valence-corrected chi connectivity index (χ1v) is 16.1. The number of aromatic nitrogens is 3. The van der Waals surface area contributed by atoms with Crippen LogP contribution < -0.4 is 10.2 Å². The van der Waals surface area contributed by atoms with Gasteiger partial charge in [-0.1, -0.05) is 49.6 Å². The molecular weight excluding hydrogens is 581 g/mol. The van der Waals surface area contributed by atoms with E-state index in [0.29, 0.717) is 30.1 Å². The average Bonchev–Trinajstić information content (AvgIpc) is 3.77. The van der Waals surface area contributed by atoms with E-state index in [1.807, 2.05) is 83.9 Å². The van der Waals surface area contributed by atoms with Crippen molar-refractivity contribution in [3.8, 4) is 16.5 Å². The highest BCUT2D eigenvalue weighted by molar-refractivity contribution is 7.17. The Morgan fingerprint density at radius 3 is 2.47 bits per heavy atom. The summed E-state index contributed by atoms with van der Waals surface area (Å²) in [5.41, 5.74) is 5.40. The summed E-state index contributed by atoms with van der Waals surface area (Å²) in [5.74, 6) is 0.0456. The highest BCUT2D eigenvalue weighted by Crippen LogP contribution is 2.32. The summed E-state index contributed by atoms with van der Waals surface area (Å²) in [4.78, 5) is 38.8. The minimum atomic E-state index is -0.117. The first-order chi connectivity index (χ1) is 22.1. The molecule has 1 aliphatic carbocycles. The molecule has 3 aromatic heterocycles. The van der Waals surface area contributed by atoms with Crippen LogP contribution in [0.5, 0.6) is 0 Å². The number of nitriles is 1. The lowest BCUT2D eigenvalue weighted by Gasteiger charge is -2.30. The summed E-state index contributed by atoms with van der Waals surface area (Å²) in [6.45, 7) is 1.43. The largest absolute Gasteiger partial charge is 0.347 e. The molecule has 1 saturated carbocycles. The second-order valence-corrected chi connectivity index (χ2v) is 12.4. The number of pyridine rings is 1. The Kier molecular flexibility index (Phi) is 9.42. The van der Waals surface area contributed by atoms with Crippen LogP contribution in [0, 0.1) is 17.2 Å². The first kappa shape index (κ1) is 30.0. The number of hydrogen-bond donors (Lipinski definition) is 1. The molecule has 0 aliphatic heterocycles. The van der Waals surface area contributed by atoms with Crippen LogP contribution in [0.1, 0.15) is 64.2 Å². The van der Waals surface area contributed by atoms with Crippen molar-refractivity contribution in [2.75, 3.05) is 4.90 Å². The number of carbonyl (C=O) groups excluding carboxylic acids is 2. The highest BCUT2D eigenvalue weighted by atomic mass is 32.1. The lowest BCUT2D eigenvalue weighted by Crippen LogP contribution is -2.37. The van der Waals surface area contributed by atoms with E-state index in [1.165, 1.54) is 17.8 Å². The molecule has 9 heteroatoms.